The number of pyridine rings is 1. The van der Waals surface area contributed by atoms with Crippen molar-refractivity contribution >= 4 is 15.7 Å². The molecule has 2 aliphatic rings. The second-order valence-corrected chi connectivity index (χ2v) is 10.8. The van der Waals surface area contributed by atoms with E-state index in [0.29, 0.717) is 17.9 Å². The molecule has 3 aromatic rings. The fraction of sp³-hybridized carbons (Fsp3) is 0.409. The Kier molecular flexibility index (Phi) is 5.83. The van der Waals surface area contributed by atoms with Crippen molar-refractivity contribution < 1.29 is 17.2 Å². The van der Waals surface area contributed by atoms with Gasteiger partial charge in [-0.05, 0) is 37.1 Å². The molecule has 2 aromatic heterocycles. The summed E-state index contributed by atoms with van der Waals surface area (Å²) in [6, 6.07) is 8.74. The van der Waals surface area contributed by atoms with Crippen molar-refractivity contribution in [3.8, 4) is 5.69 Å². The van der Waals surface area contributed by atoms with E-state index in [4.69, 9.17) is 0 Å². The lowest BCUT2D eigenvalue weighted by atomic mass is 10.2. The molecule has 0 unspecified atom stereocenters. The van der Waals surface area contributed by atoms with E-state index in [0.717, 1.165) is 63.0 Å². The zero-order chi connectivity index (χ0) is 23.0. The summed E-state index contributed by atoms with van der Waals surface area (Å²) in [6.07, 6.45) is 3.12. The van der Waals surface area contributed by atoms with Crippen molar-refractivity contribution in [3.05, 3.63) is 65.6 Å². The summed E-state index contributed by atoms with van der Waals surface area (Å²) in [5.41, 5.74) is 1.27. The Bertz CT molecular complexity index is 1250. The van der Waals surface area contributed by atoms with Gasteiger partial charge in [0, 0.05) is 38.8 Å². The molecule has 2 fully saturated rings. The molecule has 174 valence electrons. The number of piperazine rings is 1. The number of halogens is 2. The minimum absolute atomic E-state index is 0.00691. The normalized spacial score (nSPS) is 17.5. The molecule has 5 rings (SSSR count). The highest BCUT2D eigenvalue weighted by Crippen LogP contribution is 2.31. The van der Waals surface area contributed by atoms with Gasteiger partial charge in [0.25, 0.3) is 0 Å². The van der Waals surface area contributed by atoms with Crippen LogP contribution in [0.3, 0.4) is 0 Å². The summed E-state index contributed by atoms with van der Waals surface area (Å²) >= 11 is 0. The molecule has 1 saturated carbocycles. The lowest BCUT2D eigenvalue weighted by Crippen LogP contribution is -2.46. The van der Waals surface area contributed by atoms with Gasteiger partial charge in [-0.2, -0.15) is 0 Å². The van der Waals surface area contributed by atoms with Crippen molar-refractivity contribution in [2.24, 2.45) is 0 Å². The van der Waals surface area contributed by atoms with E-state index in [1.54, 1.807) is 12.3 Å². The first-order valence-electron chi connectivity index (χ1n) is 10.9. The third-order valence-corrected chi connectivity index (χ3v) is 8.14. The smallest absolute Gasteiger partial charge is 0.158 e. The molecule has 0 atom stereocenters. The number of nitrogens with zero attached hydrogens (tertiary/aromatic N) is 6. The summed E-state index contributed by atoms with van der Waals surface area (Å²) in [4.78, 5) is 8.93. The molecular weight excluding hydrogens is 450 g/mol. The van der Waals surface area contributed by atoms with Gasteiger partial charge in [-0.15, -0.1) is 5.10 Å². The van der Waals surface area contributed by atoms with Crippen LogP contribution in [-0.2, 0) is 22.1 Å². The van der Waals surface area contributed by atoms with Gasteiger partial charge in [0.15, 0.2) is 9.84 Å². The SMILES string of the molecule is O=S(=O)(Cc1cccc(N2CCN(Cc3cn(-c4cc(F)ccc4F)nn3)CC2)n1)C1CC1. The van der Waals surface area contributed by atoms with Gasteiger partial charge in [-0.25, -0.2) is 26.9 Å². The Balaban J connectivity index is 1.19. The summed E-state index contributed by atoms with van der Waals surface area (Å²) in [6.45, 7) is 3.52. The number of benzene rings is 1. The van der Waals surface area contributed by atoms with Gasteiger partial charge < -0.3 is 4.90 Å². The van der Waals surface area contributed by atoms with Gasteiger partial charge in [0.2, 0.25) is 0 Å². The van der Waals surface area contributed by atoms with Crippen molar-refractivity contribution in [3.63, 3.8) is 0 Å². The van der Waals surface area contributed by atoms with Crippen LogP contribution in [0.5, 0.6) is 0 Å². The third-order valence-electron chi connectivity index (χ3n) is 5.95. The van der Waals surface area contributed by atoms with E-state index < -0.39 is 21.5 Å². The summed E-state index contributed by atoms with van der Waals surface area (Å²) in [7, 11) is -3.10. The second-order valence-electron chi connectivity index (χ2n) is 8.51. The molecule has 1 aliphatic heterocycles. The highest BCUT2D eigenvalue weighted by molar-refractivity contribution is 7.91. The molecule has 0 N–H and O–H groups in total. The first kappa shape index (κ1) is 21.9. The number of rotatable bonds is 7. The van der Waals surface area contributed by atoms with Crippen molar-refractivity contribution in [2.45, 2.75) is 30.4 Å². The minimum Gasteiger partial charge on any atom is -0.354 e. The topological polar surface area (TPSA) is 84.2 Å². The van der Waals surface area contributed by atoms with Crippen LogP contribution in [0.4, 0.5) is 14.6 Å². The number of sulfone groups is 1. The number of anilines is 1. The van der Waals surface area contributed by atoms with E-state index in [2.05, 4.69) is 25.1 Å². The summed E-state index contributed by atoms with van der Waals surface area (Å²) in [5.74, 6) is -0.332. The average molecular weight is 475 g/mol. The molecule has 3 heterocycles. The van der Waals surface area contributed by atoms with Gasteiger partial charge in [-0.1, -0.05) is 11.3 Å². The van der Waals surface area contributed by atoms with Crippen LogP contribution in [0.15, 0.2) is 42.6 Å². The second kappa shape index (κ2) is 8.79. The Morgan fingerprint density at radius 1 is 1.00 bits per heavy atom. The zero-order valence-corrected chi connectivity index (χ0v) is 18.8. The van der Waals surface area contributed by atoms with Crippen LogP contribution in [0.1, 0.15) is 24.2 Å². The fourth-order valence-corrected chi connectivity index (χ4v) is 5.65. The van der Waals surface area contributed by atoms with E-state index in [9.17, 15) is 17.2 Å². The summed E-state index contributed by atoms with van der Waals surface area (Å²) < 4.78 is 53.2. The maximum absolute atomic E-state index is 14.0. The Labute approximate surface area is 190 Å². The van der Waals surface area contributed by atoms with Gasteiger partial charge >= 0.3 is 0 Å². The maximum Gasteiger partial charge on any atom is 0.158 e. The van der Waals surface area contributed by atoms with Crippen molar-refractivity contribution in [1.82, 2.24) is 24.9 Å². The molecule has 8 nitrogen and oxygen atoms in total. The van der Waals surface area contributed by atoms with Crippen LogP contribution in [-0.4, -0.2) is 64.7 Å². The molecule has 1 aromatic carbocycles. The molecule has 33 heavy (non-hydrogen) atoms. The monoisotopic (exact) mass is 474 g/mol. The standard InChI is InChI=1S/C22H24F2N6O2S/c23-16-4-7-20(24)21(12-16)30-14-18(26-27-30)13-28-8-10-29(11-9-28)22-3-1-2-17(25-22)15-33(31,32)19-5-6-19/h1-4,7,12,14,19H,5-6,8-11,13,15H2. The molecule has 11 heteroatoms. The Morgan fingerprint density at radius 3 is 2.55 bits per heavy atom. The number of hydrogen-bond donors (Lipinski definition) is 0. The highest BCUT2D eigenvalue weighted by atomic mass is 32.2. The fourth-order valence-electron chi connectivity index (χ4n) is 3.99. The predicted octanol–water partition coefficient (Wildman–Crippen LogP) is 2.34. The molecule has 0 amide bonds. The van der Waals surface area contributed by atoms with Crippen LogP contribution in [0.2, 0.25) is 0 Å². The highest BCUT2D eigenvalue weighted by Gasteiger charge is 2.35. The zero-order valence-electron chi connectivity index (χ0n) is 17.9. The lowest BCUT2D eigenvalue weighted by Gasteiger charge is -2.35. The first-order chi connectivity index (χ1) is 15.9. The van der Waals surface area contributed by atoms with Crippen LogP contribution >= 0.6 is 0 Å². The maximum atomic E-state index is 14.0. The van der Waals surface area contributed by atoms with E-state index in [1.165, 1.54) is 4.68 Å². The lowest BCUT2D eigenvalue weighted by molar-refractivity contribution is 0.246. The average Bonchev–Trinajstić information content (AvgIpc) is 3.57. The molecule has 1 saturated heterocycles. The molecule has 0 spiro atoms. The van der Waals surface area contributed by atoms with Crippen LogP contribution in [0.25, 0.3) is 5.69 Å². The van der Waals surface area contributed by atoms with Crippen molar-refractivity contribution in [1.29, 1.82) is 0 Å². The number of aromatic nitrogens is 4. The van der Waals surface area contributed by atoms with Gasteiger partial charge in [0.1, 0.15) is 23.1 Å². The largest absolute Gasteiger partial charge is 0.354 e. The third kappa shape index (κ3) is 5.03. The van der Waals surface area contributed by atoms with Gasteiger partial charge in [-0.3, -0.25) is 4.90 Å². The number of hydrogen-bond acceptors (Lipinski definition) is 7. The van der Waals surface area contributed by atoms with Crippen LogP contribution in [0, 0.1) is 11.6 Å². The van der Waals surface area contributed by atoms with E-state index >= 15 is 0 Å². The minimum atomic E-state index is -3.10. The first-order valence-corrected chi connectivity index (χ1v) is 12.6. The molecule has 0 bridgehead atoms. The molecule has 0 radical (unpaired) electrons. The predicted molar refractivity (Wildman–Crippen MR) is 119 cm³/mol. The van der Waals surface area contributed by atoms with Crippen molar-refractivity contribution in [2.75, 3.05) is 31.1 Å². The Hall–Kier alpha value is -2.92. The quantitative estimate of drug-likeness (QED) is 0.520. The molecule has 1 aliphatic carbocycles. The Morgan fingerprint density at radius 2 is 1.79 bits per heavy atom. The van der Waals surface area contributed by atoms with Gasteiger partial charge in [0.05, 0.1) is 28.6 Å². The van der Waals surface area contributed by atoms with E-state index in [-0.39, 0.29) is 16.7 Å². The van der Waals surface area contributed by atoms with Crippen LogP contribution < -0.4 is 4.90 Å². The molecular formula is C22H24F2N6O2S. The van der Waals surface area contributed by atoms with E-state index in [1.807, 2.05) is 12.1 Å². The summed E-state index contributed by atoms with van der Waals surface area (Å²) in [5, 5.41) is 7.84.